The second-order valence-corrected chi connectivity index (χ2v) is 8.79. The number of fused-ring (bicyclic) bond motifs is 3. The number of hydrogen-bond donors (Lipinski definition) is 2. The van der Waals surface area contributed by atoms with E-state index in [-0.39, 0.29) is 18.7 Å². The van der Waals surface area contributed by atoms with Crippen LogP contribution >= 0.6 is 0 Å². The van der Waals surface area contributed by atoms with E-state index < -0.39 is 23.3 Å². The molecule has 4 aromatic rings. The third kappa shape index (κ3) is 4.30. The van der Waals surface area contributed by atoms with Crippen molar-refractivity contribution in [1.82, 2.24) is 24.6 Å². The summed E-state index contributed by atoms with van der Waals surface area (Å²) >= 11 is 0. The van der Waals surface area contributed by atoms with Crippen LogP contribution in [0.2, 0.25) is 5.11 Å². The van der Waals surface area contributed by atoms with Gasteiger partial charge >= 0.3 is 0 Å². The summed E-state index contributed by atoms with van der Waals surface area (Å²) in [6.45, 7) is 1.89. The van der Waals surface area contributed by atoms with Crippen LogP contribution in [0.4, 0.5) is 10.2 Å². The van der Waals surface area contributed by atoms with Crippen molar-refractivity contribution in [3.8, 4) is 11.1 Å². The number of pyridine rings is 3. The van der Waals surface area contributed by atoms with Gasteiger partial charge in [0.1, 0.15) is 18.3 Å². The van der Waals surface area contributed by atoms with Crippen LogP contribution in [-0.2, 0) is 4.79 Å². The number of aromatic nitrogens is 5. The summed E-state index contributed by atoms with van der Waals surface area (Å²) < 4.78 is 14.8. The molecule has 1 aliphatic carbocycles. The molecule has 0 bridgehead atoms. The number of carbonyl (C=O) groups is 1. The summed E-state index contributed by atoms with van der Waals surface area (Å²) in [5.74, 6) is -0.682. The van der Waals surface area contributed by atoms with Gasteiger partial charge in [0, 0.05) is 35.0 Å². The van der Waals surface area contributed by atoms with E-state index in [4.69, 9.17) is 23.5 Å². The Morgan fingerprint density at radius 1 is 1.24 bits per heavy atom. The van der Waals surface area contributed by atoms with E-state index in [0.29, 0.717) is 22.7 Å². The van der Waals surface area contributed by atoms with Crippen molar-refractivity contribution in [3.63, 3.8) is 0 Å². The minimum Gasteiger partial charge on any atom is -0.387 e. The Hall–Kier alpha value is -3.27. The monoisotopic (exact) mass is 450 g/mol. The van der Waals surface area contributed by atoms with Crippen molar-refractivity contribution >= 4 is 51.8 Å². The molecular weight excluding hydrogens is 432 g/mol. The average Bonchev–Trinajstić information content (AvgIpc) is 3.29. The largest absolute Gasteiger partial charge is 0.387 e. The molecule has 34 heavy (non-hydrogen) atoms. The second-order valence-electron chi connectivity index (χ2n) is 8.79. The molecule has 0 spiro atoms. The van der Waals surface area contributed by atoms with E-state index in [1.165, 1.54) is 6.33 Å². The predicted molar refractivity (Wildman–Crippen MR) is 127 cm³/mol. The molecule has 4 aromatic heterocycles. The number of rotatable bonds is 6. The summed E-state index contributed by atoms with van der Waals surface area (Å²) in [6, 6.07) is 5.33. The molecule has 1 amide bonds. The lowest BCUT2D eigenvalue weighted by Crippen LogP contribution is -2.17. The predicted octanol–water partition coefficient (Wildman–Crippen LogP) is 1.95. The van der Waals surface area contributed by atoms with E-state index >= 15 is 0 Å². The number of alkyl halides is 1. The van der Waals surface area contributed by atoms with Crippen molar-refractivity contribution in [1.29, 1.82) is 0 Å². The summed E-state index contributed by atoms with van der Waals surface area (Å²) in [6.07, 6.45) is 2.76. The van der Waals surface area contributed by atoms with E-state index in [2.05, 4.69) is 25.4 Å². The minimum absolute atomic E-state index is 0.0551. The van der Waals surface area contributed by atoms with Crippen LogP contribution in [0.25, 0.3) is 27.7 Å². The lowest BCUT2D eigenvalue weighted by molar-refractivity contribution is -0.117. The van der Waals surface area contributed by atoms with Crippen LogP contribution in [0.1, 0.15) is 30.2 Å². The van der Waals surface area contributed by atoms with Crippen molar-refractivity contribution in [2.75, 3.05) is 5.32 Å². The molecule has 1 fully saturated rings. The van der Waals surface area contributed by atoms with Gasteiger partial charge in [0.05, 0.1) is 46.8 Å². The van der Waals surface area contributed by atoms with Gasteiger partial charge in [-0.1, -0.05) is 0 Å². The maximum absolute atomic E-state index is 13.2. The van der Waals surface area contributed by atoms with Gasteiger partial charge in [-0.3, -0.25) is 9.78 Å². The molecule has 1 saturated carbocycles. The molecule has 12 heteroatoms. The van der Waals surface area contributed by atoms with Gasteiger partial charge in [0.2, 0.25) is 5.91 Å². The van der Waals surface area contributed by atoms with Crippen LogP contribution in [0, 0.1) is 12.8 Å². The number of aliphatic hydroxyl groups is 1. The number of anilines is 1. The van der Waals surface area contributed by atoms with E-state index in [9.17, 15) is 14.3 Å². The number of amides is 1. The van der Waals surface area contributed by atoms with E-state index in [1.54, 1.807) is 29.0 Å². The zero-order chi connectivity index (χ0) is 24.2. The van der Waals surface area contributed by atoms with Crippen molar-refractivity contribution in [3.05, 3.63) is 48.2 Å². The lowest BCUT2D eigenvalue weighted by Gasteiger charge is -2.23. The van der Waals surface area contributed by atoms with Crippen LogP contribution in [0.5, 0.6) is 0 Å². The lowest BCUT2D eigenvalue weighted by atomic mass is 9.41. The Bertz CT molecular complexity index is 1420. The molecule has 3 unspecified atom stereocenters. The molecule has 0 saturated heterocycles. The first-order valence-corrected chi connectivity index (χ1v) is 10.7. The van der Waals surface area contributed by atoms with Crippen molar-refractivity contribution < 1.29 is 14.3 Å². The third-order valence-corrected chi connectivity index (χ3v) is 5.84. The van der Waals surface area contributed by atoms with Crippen LogP contribution < -0.4 is 5.32 Å². The normalized spacial score (nSPS) is 18.8. The third-order valence-electron chi connectivity index (χ3n) is 5.84. The molecule has 1 aliphatic rings. The van der Waals surface area contributed by atoms with Gasteiger partial charge in [-0.05, 0) is 37.5 Å². The first-order chi connectivity index (χ1) is 16.1. The van der Waals surface area contributed by atoms with Gasteiger partial charge in [0.25, 0.3) is 0 Å². The van der Waals surface area contributed by atoms with Gasteiger partial charge in [-0.2, -0.15) is 5.10 Å². The Labute approximate surface area is 198 Å². The van der Waals surface area contributed by atoms with Gasteiger partial charge in [-0.25, -0.2) is 18.9 Å². The number of hydrogen-bond acceptors (Lipinski definition) is 6. The first kappa shape index (κ1) is 22.5. The number of halogens is 1. The smallest absolute Gasteiger partial charge is 0.231 e. The highest BCUT2D eigenvalue weighted by molar-refractivity contribution is 6.58. The van der Waals surface area contributed by atoms with Crippen LogP contribution in [0.3, 0.4) is 0 Å². The quantitative estimate of drug-likeness (QED) is 0.436. The van der Waals surface area contributed by atoms with Crippen molar-refractivity contribution in [2.24, 2.45) is 5.92 Å². The molecular formula is C22H18B3FN6O2. The summed E-state index contributed by atoms with van der Waals surface area (Å²) in [5, 5.41) is 16.6. The summed E-state index contributed by atoms with van der Waals surface area (Å²) in [5.41, 5.74) is 4.04. The molecule has 4 heterocycles. The van der Waals surface area contributed by atoms with Crippen molar-refractivity contribution in [2.45, 2.75) is 37.2 Å². The van der Waals surface area contributed by atoms with Crippen LogP contribution in [0.15, 0.2) is 36.9 Å². The number of nitrogens with one attached hydrogen (secondary N) is 1. The standard InChI is InChI=1S/C22H18B3FN6O2/c1-10-2-16(18(33)6-22(23,24)25)27-8-14(10)12-3-11-7-28-19(31-21(34)13-4-15(13)26)5-17(11)32-20(12)29-9-30-32/h2-3,5,7-9,13,15,18,33H,4,6H2,1H3,(H,28,31,34). The Balaban J connectivity index is 1.52. The Morgan fingerprint density at radius 3 is 2.68 bits per heavy atom. The van der Waals surface area contributed by atoms with E-state index in [0.717, 1.165) is 22.1 Å². The maximum Gasteiger partial charge on any atom is 0.231 e. The molecule has 164 valence electrons. The number of nitrogens with zero attached hydrogens (tertiary/aromatic N) is 5. The highest BCUT2D eigenvalue weighted by Gasteiger charge is 2.43. The van der Waals surface area contributed by atoms with E-state index in [1.807, 2.05) is 13.0 Å². The average molecular weight is 450 g/mol. The van der Waals surface area contributed by atoms with Gasteiger partial charge in [0.15, 0.2) is 5.65 Å². The first-order valence-electron chi connectivity index (χ1n) is 10.7. The summed E-state index contributed by atoms with van der Waals surface area (Å²) in [4.78, 5) is 25.2. The zero-order valence-electron chi connectivity index (χ0n) is 18.3. The Morgan fingerprint density at radius 2 is 2.00 bits per heavy atom. The molecule has 3 atom stereocenters. The molecule has 0 aromatic carbocycles. The highest BCUT2D eigenvalue weighted by atomic mass is 19.1. The second kappa shape index (κ2) is 8.20. The highest BCUT2D eigenvalue weighted by Crippen LogP contribution is 2.35. The molecule has 0 aliphatic heterocycles. The molecule has 8 nitrogen and oxygen atoms in total. The fourth-order valence-corrected chi connectivity index (χ4v) is 3.97. The molecule has 6 radical (unpaired) electrons. The minimum atomic E-state index is -1.52. The fourth-order valence-electron chi connectivity index (χ4n) is 3.97. The topological polar surface area (TPSA) is 105 Å². The van der Waals surface area contributed by atoms with Gasteiger partial charge in [-0.15, -0.1) is 5.11 Å². The number of carbonyl (C=O) groups excluding carboxylic acids is 1. The fraction of sp³-hybridized carbons (Fsp3) is 0.318. The van der Waals surface area contributed by atoms with Gasteiger partial charge < -0.3 is 10.4 Å². The summed E-state index contributed by atoms with van der Waals surface area (Å²) in [7, 11) is 16.8. The Kier molecular flexibility index (Phi) is 5.43. The van der Waals surface area contributed by atoms with Crippen LogP contribution in [-0.4, -0.2) is 65.3 Å². The maximum atomic E-state index is 13.2. The number of aliphatic hydroxyl groups excluding tert-OH is 1. The SMILES string of the molecule is [B]C([B])([B])CC(O)c1cc(C)c(-c2cc3cnc(NC(=O)C4CC4F)cc3n3ncnc23)cn1. The zero-order valence-corrected chi connectivity index (χ0v) is 18.3. The number of aryl methyl sites for hydroxylation is 1. The molecule has 2 N–H and O–H groups in total. The molecule has 5 rings (SSSR count).